The topological polar surface area (TPSA) is 66.9 Å². The van der Waals surface area contributed by atoms with Gasteiger partial charge in [0.1, 0.15) is 5.82 Å². The summed E-state index contributed by atoms with van der Waals surface area (Å²) in [4.78, 5) is 24.3. The van der Waals surface area contributed by atoms with E-state index in [2.05, 4.69) is 24.3 Å². The first-order chi connectivity index (χ1) is 9.58. The van der Waals surface area contributed by atoms with E-state index >= 15 is 0 Å². The number of aromatic amines is 1. The Hall–Kier alpha value is -1.17. The molecule has 0 unspecified atom stereocenters. The van der Waals surface area contributed by atoms with Crippen molar-refractivity contribution in [3.8, 4) is 0 Å². The second-order valence-corrected chi connectivity index (χ2v) is 7.17. The second kappa shape index (κ2) is 5.31. The molecule has 1 aliphatic heterocycles. The summed E-state index contributed by atoms with van der Waals surface area (Å²) >= 11 is 1.57. The Morgan fingerprint density at radius 2 is 1.95 bits per heavy atom. The van der Waals surface area contributed by atoms with Gasteiger partial charge in [-0.15, -0.1) is 11.8 Å². The van der Waals surface area contributed by atoms with Crippen molar-refractivity contribution in [1.82, 2.24) is 9.78 Å². The van der Waals surface area contributed by atoms with Gasteiger partial charge in [-0.05, 0) is 18.8 Å². The molecule has 0 bridgehead atoms. The maximum Gasteiger partial charge on any atom is 0.270 e. The van der Waals surface area contributed by atoms with Gasteiger partial charge in [0, 0.05) is 5.25 Å². The highest BCUT2D eigenvalue weighted by atomic mass is 32.2. The molecule has 2 heterocycles. The number of hydrogen-bond acceptors (Lipinski definition) is 3. The SMILES string of the molecule is CC(C)[C@@H]1SCC(=O)Nc2c1c(=O)[nH]n2C1CCCC1. The standard InChI is InChI=1S/C14H21N3O2S/c1-8(2)12-11-13(15-10(18)7-20-12)17(16-14(11)19)9-5-3-4-6-9/h8-9,12H,3-7H2,1-2H3,(H,15,18)(H,16,19)/t12-/m0/s1. The third kappa shape index (κ3) is 2.30. The number of aromatic nitrogens is 2. The average molecular weight is 295 g/mol. The van der Waals surface area contributed by atoms with Gasteiger partial charge in [0.25, 0.3) is 5.56 Å². The summed E-state index contributed by atoms with van der Waals surface area (Å²) in [5, 5.41) is 5.99. The van der Waals surface area contributed by atoms with Crippen LogP contribution in [0.15, 0.2) is 4.79 Å². The molecule has 1 aromatic heterocycles. The molecule has 20 heavy (non-hydrogen) atoms. The molecule has 2 aliphatic rings. The van der Waals surface area contributed by atoms with Crippen LogP contribution in [0, 0.1) is 5.92 Å². The molecule has 0 saturated heterocycles. The van der Waals surface area contributed by atoms with Crippen molar-refractivity contribution < 1.29 is 4.79 Å². The van der Waals surface area contributed by atoms with Gasteiger partial charge in [0.2, 0.25) is 5.91 Å². The van der Waals surface area contributed by atoms with E-state index in [0.717, 1.165) is 24.2 Å². The van der Waals surface area contributed by atoms with Gasteiger partial charge in [-0.1, -0.05) is 26.7 Å². The van der Waals surface area contributed by atoms with Crippen LogP contribution in [0.5, 0.6) is 0 Å². The van der Waals surface area contributed by atoms with Gasteiger partial charge in [-0.2, -0.15) is 0 Å². The number of rotatable bonds is 2. The van der Waals surface area contributed by atoms with Gasteiger partial charge in [-0.3, -0.25) is 19.4 Å². The van der Waals surface area contributed by atoms with E-state index in [1.54, 1.807) is 11.8 Å². The number of hydrogen-bond donors (Lipinski definition) is 2. The first-order valence-electron chi connectivity index (χ1n) is 7.33. The summed E-state index contributed by atoms with van der Waals surface area (Å²) in [5.41, 5.74) is 0.711. The number of amides is 1. The highest BCUT2D eigenvalue weighted by molar-refractivity contribution is 8.00. The summed E-state index contributed by atoms with van der Waals surface area (Å²) in [5.74, 6) is 1.45. The lowest BCUT2D eigenvalue weighted by Gasteiger charge is -2.18. The van der Waals surface area contributed by atoms with Crippen molar-refractivity contribution in [3.05, 3.63) is 15.9 Å². The molecule has 5 nitrogen and oxygen atoms in total. The third-order valence-corrected chi connectivity index (χ3v) is 5.76. The van der Waals surface area contributed by atoms with Gasteiger partial charge in [0.05, 0.1) is 17.4 Å². The smallest absolute Gasteiger partial charge is 0.270 e. The Kier molecular flexibility index (Phi) is 3.67. The lowest BCUT2D eigenvalue weighted by molar-refractivity contribution is -0.113. The molecule has 1 fully saturated rings. The van der Waals surface area contributed by atoms with Crippen LogP contribution in [-0.2, 0) is 4.79 Å². The fourth-order valence-corrected chi connectivity index (χ4v) is 4.41. The molecular weight excluding hydrogens is 274 g/mol. The lowest BCUT2D eigenvalue weighted by atomic mass is 10.0. The number of H-pyrrole nitrogens is 1. The minimum atomic E-state index is -0.0414. The zero-order valence-corrected chi connectivity index (χ0v) is 12.8. The minimum Gasteiger partial charge on any atom is -0.310 e. The van der Waals surface area contributed by atoms with Gasteiger partial charge in [0.15, 0.2) is 0 Å². The lowest BCUT2D eigenvalue weighted by Crippen LogP contribution is -2.18. The Balaban J connectivity index is 2.10. The normalized spacial score (nSPS) is 23.8. The quantitative estimate of drug-likeness (QED) is 0.881. The zero-order valence-electron chi connectivity index (χ0n) is 11.9. The van der Waals surface area contributed by atoms with E-state index in [9.17, 15) is 9.59 Å². The number of anilines is 1. The molecule has 2 N–H and O–H groups in total. The van der Waals surface area contributed by atoms with Crippen molar-refractivity contribution in [2.75, 3.05) is 11.1 Å². The molecule has 1 saturated carbocycles. The second-order valence-electron chi connectivity index (χ2n) is 6.04. The zero-order chi connectivity index (χ0) is 14.3. The van der Waals surface area contributed by atoms with E-state index in [1.807, 2.05) is 4.68 Å². The summed E-state index contributed by atoms with van der Waals surface area (Å²) in [7, 11) is 0. The van der Waals surface area contributed by atoms with Crippen molar-refractivity contribution in [1.29, 1.82) is 0 Å². The van der Waals surface area contributed by atoms with Crippen LogP contribution in [0.25, 0.3) is 0 Å². The predicted octanol–water partition coefficient (Wildman–Crippen LogP) is 2.67. The maximum absolute atomic E-state index is 12.4. The Morgan fingerprint density at radius 1 is 1.25 bits per heavy atom. The first kappa shape index (κ1) is 13.8. The summed E-state index contributed by atoms with van der Waals surface area (Å²) in [6.07, 6.45) is 4.53. The fraction of sp³-hybridized carbons (Fsp3) is 0.714. The van der Waals surface area contributed by atoms with Crippen LogP contribution in [0.2, 0.25) is 0 Å². The monoisotopic (exact) mass is 295 g/mol. The van der Waals surface area contributed by atoms with E-state index in [-0.39, 0.29) is 16.7 Å². The van der Waals surface area contributed by atoms with Crippen LogP contribution in [0.4, 0.5) is 5.82 Å². The molecule has 1 aliphatic carbocycles. The number of fused-ring (bicyclic) bond motifs is 1. The van der Waals surface area contributed by atoms with E-state index < -0.39 is 0 Å². The molecular formula is C14H21N3O2S. The van der Waals surface area contributed by atoms with Crippen molar-refractivity contribution >= 4 is 23.5 Å². The van der Waals surface area contributed by atoms with E-state index in [0.29, 0.717) is 17.7 Å². The molecule has 110 valence electrons. The van der Waals surface area contributed by atoms with Gasteiger partial charge < -0.3 is 5.32 Å². The van der Waals surface area contributed by atoms with Crippen LogP contribution in [0.1, 0.15) is 56.4 Å². The van der Waals surface area contributed by atoms with E-state index in [4.69, 9.17) is 0 Å². The Labute approximate surface area is 122 Å². The number of nitrogens with one attached hydrogen (secondary N) is 2. The predicted molar refractivity (Wildman–Crippen MR) is 81.2 cm³/mol. The Bertz CT molecular complexity index is 569. The molecule has 1 atom stereocenters. The van der Waals surface area contributed by atoms with Crippen molar-refractivity contribution in [3.63, 3.8) is 0 Å². The van der Waals surface area contributed by atoms with Crippen LogP contribution in [-0.4, -0.2) is 21.4 Å². The first-order valence-corrected chi connectivity index (χ1v) is 8.38. The number of thioether (sulfide) groups is 1. The largest absolute Gasteiger partial charge is 0.310 e. The highest BCUT2D eigenvalue weighted by Gasteiger charge is 2.33. The maximum atomic E-state index is 12.4. The van der Waals surface area contributed by atoms with Crippen LogP contribution >= 0.6 is 11.8 Å². The molecule has 1 aromatic rings. The summed E-state index contributed by atoms with van der Waals surface area (Å²) in [6, 6.07) is 0.322. The average Bonchev–Trinajstić information content (AvgIpc) is 2.96. The third-order valence-electron chi connectivity index (χ3n) is 4.19. The van der Waals surface area contributed by atoms with Gasteiger partial charge >= 0.3 is 0 Å². The summed E-state index contributed by atoms with van der Waals surface area (Å²) in [6.45, 7) is 4.20. The summed E-state index contributed by atoms with van der Waals surface area (Å²) < 4.78 is 1.92. The van der Waals surface area contributed by atoms with Gasteiger partial charge in [-0.25, -0.2) is 0 Å². The van der Waals surface area contributed by atoms with Crippen molar-refractivity contribution in [2.45, 2.75) is 50.8 Å². The molecule has 6 heteroatoms. The molecule has 0 radical (unpaired) electrons. The fourth-order valence-electron chi connectivity index (χ4n) is 3.23. The molecule has 3 rings (SSSR count). The number of nitrogens with zero attached hydrogens (tertiary/aromatic N) is 1. The minimum absolute atomic E-state index is 0.00912. The van der Waals surface area contributed by atoms with E-state index in [1.165, 1.54) is 12.8 Å². The number of carbonyl (C=O) groups is 1. The molecule has 0 spiro atoms. The van der Waals surface area contributed by atoms with Crippen molar-refractivity contribution in [2.24, 2.45) is 5.92 Å². The number of carbonyl (C=O) groups excluding carboxylic acids is 1. The van der Waals surface area contributed by atoms with Crippen LogP contribution < -0.4 is 10.9 Å². The Morgan fingerprint density at radius 3 is 2.60 bits per heavy atom. The highest BCUT2D eigenvalue weighted by Crippen LogP contribution is 2.41. The molecule has 1 amide bonds. The molecule has 0 aromatic carbocycles. The van der Waals surface area contributed by atoms with Crippen LogP contribution in [0.3, 0.4) is 0 Å².